The summed E-state index contributed by atoms with van der Waals surface area (Å²) in [4.78, 5) is 25.9. The van der Waals surface area contributed by atoms with Crippen molar-refractivity contribution in [3.8, 4) is 0 Å². The number of furan rings is 1. The first-order valence-electron chi connectivity index (χ1n) is 9.04. The van der Waals surface area contributed by atoms with Crippen molar-refractivity contribution in [1.29, 1.82) is 0 Å². The zero-order valence-corrected chi connectivity index (χ0v) is 15.7. The number of anilines is 1. The van der Waals surface area contributed by atoms with E-state index in [1.807, 2.05) is 56.3 Å². The standard InChI is InChI=1S/C24H19NO3/c1-15-7-11-17(12-8-15)22(26)21-19-5-3-4-6-20(19)28-24(21)25-23(27)18-13-9-16(2)10-14-18/h3-14H,1-2H3,(H,25,27). The van der Waals surface area contributed by atoms with Crippen LogP contribution in [0.15, 0.2) is 77.2 Å². The van der Waals surface area contributed by atoms with Gasteiger partial charge in [0.15, 0.2) is 5.78 Å². The molecule has 3 aromatic carbocycles. The topological polar surface area (TPSA) is 59.3 Å². The Hall–Kier alpha value is -3.66. The number of para-hydroxylation sites is 1. The second-order valence-corrected chi connectivity index (χ2v) is 6.82. The van der Waals surface area contributed by atoms with Crippen molar-refractivity contribution in [2.24, 2.45) is 0 Å². The fourth-order valence-corrected chi connectivity index (χ4v) is 3.09. The predicted molar refractivity (Wildman–Crippen MR) is 110 cm³/mol. The molecule has 0 saturated heterocycles. The monoisotopic (exact) mass is 369 g/mol. The normalized spacial score (nSPS) is 10.8. The van der Waals surface area contributed by atoms with Crippen LogP contribution in [0.2, 0.25) is 0 Å². The number of aryl methyl sites for hydroxylation is 2. The number of benzene rings is 3. The summed E-state index contributed by atoms with van der Waals surface area (Å²) in [5.41, 5.74) is 4.09. The summed E-state index contributed by atoms with van der Waals surface area (Å²) in [5, 5.41) is 3.44. The molecule has 0 bridgehead atoms. The molecule has 4 nitrogen and oxygen atoms in total. The highest BCUT2D eigenvalue weighted by Gasteiger charge is 2.23. The van der Waals surface area contributed by atoms with Crippen LogP contribution in [-0.4, -0.2) is 11.7 Å². The van der Waals surface area contributed by atoms with E-state index in [0.29, 0.717) is 27.7 Å². The smallest absolute Gasteiger partial charge is 0.257 e. The van der Waals surface area contributed by atoms with E-state index in [2.05, 4.69) is 5.32 Å². The molecule has 4 heteroatoms. The molecule has 138 valence electrons. The third kappa shape index (κ3) is 3.32. The van der Waals surface area contributed by atoms with Crippen LogP contribution in [0, 0.1) is 13.8 Å². The van der Waals surface area contributed by atoms with Crippen LogP contribution < -0.4 is 5.32 Å². The Bertz CT molecular complexity index is 1170. The minimum atomic E-state index is -0.322. The van der Waals surface area contributed by atoms with Gasteiger partial charge < -0.3 is 4.42 Å². The molecule has 4 rings (SSSR count). The Balaban J connectivity index is 1.76. The highest BCUT2D eigenvalue weighted by molar-refractivity contribution is 6.21. The van der Waals surface area contributed by atoms with Gasteiger partial charge >= 0.3 is 0 Å². The van der Waals surface area contributed by atoms with Crippen LogP contribution in [-0.2, 0) is 0 Å². The second kappa shape index (κ2) is 7.16. The molecule has 0 atom stereocenters. The molecule has 1 N–H and O–H groups in total. The molecule has 0 aliphatic rings. The third-order valence-electron chi connectivity index (χ3n) is 4.68. The quantitative estimate of drug-likeness (QED) is 0.481. The number of hydrogen-bond acceptors (Lipinski definition) is 3. The average molecular weight is 369 g/mol. The van der Waals surface area contributed by atoms with Crippen molar-refractivity contribution >= 4 is 28.5 Å². The zero-order chi connectivity index (χ0) is 19.7. The SMILES string of the molecule is Cc1ccc(C(=O)Nc2oc3ccccc3c2C(=O)c2ccc(C)cc2)cc1. The molecule has 1 heterocycles. The summed E-state index contributed by atoms with van der Waals surface area (Å²) in [7, 11) is 0. The maximum absolute atomic E-state index is 13.2. The van der Waals surface area contributed by atoms with E-state index in [-0.39, 0.29) is 17.6 Å². The van der Waals surface area contributed by atoms with Crippen molar-refractivity contribution in [2.45, 2.75) is 13.8 Å². The summed E-state index contributed by atoms with van der Waals surface area (Å²) >= 11 is 0. The van der Waals surface area contributed by atoms with Gasteiger partial charge in [-0.25, -0.2) is 0 Å². The zero-order valence-electron chi connectivity index (χ0n) is 15.7. The average Bonchev–Trinajstić information content (AvgIpc) is 3.06. The van der Waals surface area contributed by atoms with Crippen LogP contribution in [0.25, 0.3) is 11.0 Å². The number of amides is 1. The van der Waals surface area contributed by atoms with Crippen molar-refractivity contribution in [3.05, 3.63) is 101 Å². The van der Waals surface area contributed by atoms with Crippen molar-refractivity contribution < 1.29 is 14.0 Å². The first-order valence-corrected chi connectivity index (χ1v) is 9.04. The van der Waals surface area contributed by atoms with Crippen molar-refractivity contribution in [1.82, 2.24) is 0 Å². The minimum absolute atomic E-state index is 0.164. The summed E-state index contributed by atoms with van der Waals surface area (Å²) in [6, 6.07) is 21.8. The number of hydrogen-bond donors (Lipinski definition) is 1. The van der Waals surface area contributed by atoms with Gasteiger partial charge in [0.25, 0.3) is 5.91 Å². The van der Waals surface area contributed by atoms with Crippen LogP contribution in [0.5, 0.6) is 0 Å². The van der Waals surface area contributed by atoms with E-state index < -0.39 is 0 Å². The van der Waals surface area contributed by atoms with Crippen LogP contribution in [0.1, 0.15) is 37.4 Å². The lowest BCUT2D eigenvalue weighted by Crippen LogP contribution is -2.14. The lowest BCUT2D eigenvalue weighted by atomic mass is 10.0. The third-order valence-corrected chi connectivity index (χ3v) is 4.68. The maximum atomic E-state index is 13.2. The second-order valence-electron chi connectivity index (χ2n) is 6.82. The first kappa shape index (κ1) is 17.7. The van der Waals surface area contributed by atoms with Crippen molar-refractivity contribution in [3.63, 3.8) is 0 Å². The van der Waals surface area contributed by atoms with Gasteiger partial charge in [-0.3, -0.25) is 14.9 Å². The fourth-order valence-electron chi connectivity index (χ4n) is 3.09. The Morgan fingerprint density at radius 1 is 0.750 bits per heavy atom. The number of ketones is 1. The highest BCUT2D eigenvalue weighted by atomic mass is 16.4. The van der Waals surface area contributed by atoms with E-state index in [4.69, 9.17) is 4.42 Å². The molecule has 0 unspecified atom stereocenters. The number of carbonyl (C=O) groups excluding carboxylic acids is 2. The van der Waals surface area contributed by atoms with Gasteiger partial charge in [-0.1, -0.05) is 65.7 Å². The van der Waals surface area contributed by atoms with Crippen LogP contribution in [0.3, 0.4) is 0 Å². The number of carbonyl (C=O) groups is 2. The summed E-state index contributed by atoms with van der Waals surface area (Å²) < 4.78 is 5.83. The molecule has 28 heavy (non-hydrogen) atoms. The Labute approximate surface area is 162 Å². The summed E-state index contributed by atoms with van der Waals surface area (Å²) in [5.74, 6) is -0.349. The first-order chi connectivity index (χ1) is 13.5. The lowest BCUT2D eigenvalue weighted by Gasteiger charge is -2.06. The van der Waals surface area contributed by atoms with Gasteiger partial charge in [-0.2, -0.15) is 0 Å². The number of nitrogens with one attached hydrogen (secondary N) is 1. The molecule has 0 aliphatic carbocycles. The van der Waals surface area contributed by atoms with Gasteiger partial charge in [-0.05, 0) is 32.0 Å². The number of rotatable bonds is 4. The van der Waals surface area contributed by atoms with Crippen molar-refractivity contribution in [2.75, 3.05) is 5.32 Å². The van der Waals surface area contributed by atoms with E-state index >= 15 is 0 Å². The Morgan fingerprint density at radius 3 is 1.96 bits per heavy atom. The molecule has 0 radical (unpaired) electrons. The molecule has 0 aliphatic heterocycles. The van der Waals surface area contributed by atoms with Gasteiger partial charge in [0.2, 0.25) is 5.88 Å². The Morgan fingerprint density at radius 2 is 1.32 bits per heavy atom. The number of fused-ring (bicyclic) bond motifs is 1. The lowest BCUT2D eigenvalue weighted by molar-refractivity contribution is 0.102. The van der Waals surface area contributed by atoms with Gasteiger partial charge in [-0.15, -0.1) is 0 Å². The molecule has 0 saturated carbocycles. The van der Waals surface area contributed by atoms with Gasteiger partial charge in [0, 0.05) is 16.5 Å². The maximum Gasteiger partial charge on any atom is 0.257 e. The molecular formula is C24H19NO3. The van der Waals surface area contributed by atoms with E-state index in [9.17, 15) is 9.59 Å². The van der Waals surface area contributed by atoms with Gasteiger partial charge in [0.1, 0.15) is 5.58 Å². The van der Waals surface area contributed by atoms with Crippen LogP contribution >= 0.6 is 0 Å². The highest BCUT2D eigenvalue weighted by Crippen LogP contribution is 2.32. The Kier molecular flexibility index (Phi) is 4.53. The molecule has 4 aromatic rings. The van der Waals surface area contributed by atoms with Gasteiger partial charge in [0.05, 0.1) is 5.56 Å². The molecule has 1 aromatic heterocycles. The molecule has 1 amide bonds. The minimum Gasteiger partial charge on any atom is -0.439 e. The fraction of sp³-hybridized carbons (Fsp3) is 0.0833. The molecule has 0 spiro atoms. The van der Waals surface area contributed by atoms with E-state index in [0.717, 1.165) is 11.1 Å². The van der Waals surface area contributed by atoms with E-state index in [1.165, 1.54) is 0 Å². The summed E-state index contributed by atoms with van der Waals surface area (Å²) in [6.45, 7) is 3.92. The van der Waals surface area contributed by atoms with E-state index in [1.54, 1.807) is 30.3 Å². The summed E-state index contributed by atoms with van der Waals surface area (Å²) in [6.07, 6.45) is 0. The molecular weight excluding hydrogens is 350 g/mol. The van der Waals surface area contributed by atoms with Crippen LogP contribution in [0.4, 0.5) is 5.88 Å². The largest absolute Gasteiger partial charge is 0.439 e. The molecule has 0 fully saturated rings. The predicted octanol–water partition coefficient (Wildman–Crippen LogP) is 5.53.